The van der Waals surface area contributed by atoms with E-state index >= 15 is 0 Å². The van der Waals surface area contributed by atoms with Crippen LogP contribution in [-0.4, -0.2) is 66.1 Å². The molecule has 1 rings (SSSR count). The van der Waals surface area contributed by atoms with Crippen molar-refractivity contribution in [3.63, 3.8) is 0 Å². The van der Waals surface area contributed by atoms with Crippen molar-refractivity contribution in [2.75, 3.05) is 52.9 Å². The van der Waals surface area contributed by atoms with Gasteiger partial charge in [0.25, 0.3) is 0 Å². The molecule has 1 fully saturated rings. The maximum atomic E-state index is 6.18. The molecule has 0 spiro atoms. The van der Waals surface area contributed by atoms with Crippen LogP contribution < -0.4 is 10.6 Å². The second-order valence-electron chi connectivity index (χ2n) is 6.11. The van der Waals surface area contributed by atoms with Gasteiger partial charge >= 0.3 is 0 Å². The van der Waals surface area contributed by atoms with Crippen LogP contribution in [-0.2, 0) is 4.43 Å². The maximum absolute atomic E-state index is 6.18. The fourth-order valence-corrected chi connectivity index (χ4v) is 4.44. The van der Waals surface area contributed by atoms with Crippen LogP contribution in [0.1, 0.15) is 19.3 Å². The molecular formula is C14H33N3OSi. The van der Waals surface area contributed by atoms with E-state index in [1.54, 1.807) is 0 Å². The summed E-state index contributed by atoms with van der Waals surface area (Å²) in [6.45, 7) is 12.7. The first-order valence-corrected chi connectivity index (χ1v) is 11.0. The molecule has 5 heteroatoms. The van der Waals surface area contributed by atoms with E-state index in [4.69, 9.17) is 4.43 Å². The fraction of sp³-hybridized carbons (Fsp3) is 1.00. The number of piperazine rings is 1. The van der Waals surface area contributed by atoms with Crippen LogP contribution >= 0.6 is 0 Å². The molecule has 2 N–H and O–H groups in total. The van der Waals surface area contributed by atoms with Gasteiger partial charge in [0.2, 0.25) is 0 Å². The number of unbranched alkanes of at least 4 members (excludes halogenated alkanes) is 1. The molecule has 0 saturated carbocycles. The van der Waals surface area contributed by atoms with Crippen molar-refractivity contribution in [1.29, 1.82) is 0 Å². The van der Waals surface area contributed by atoms with Crippen LogP contribution in [0.3, 0.4) is 0 Å². The second-order valence-corrected chi connectivity index (χ2v) is 10.4. The quantitative estimate of drug-likeness (QED) is 0.472. The molecule has 0 aromatic heterocycles. The van der Waals surface area contributed by atoms with Crippen LogP contribution in [0.25, 0.3) is 0 Å². The summed E-state index contributed by atoms with van der Waals surface area (Å²) < 4.78 is 6.18. The molecule has 0 atom stereocenters. The molecule has 4 nitrogen and oxygen atoms in total. The number of hydrogen-bond donors (Lipinski definition) is 2. The Bertz CT molecular complexity index is 221. The highest BCUT2D eigenvalue weighted by Crippen LogP contribution is 2.15. The Labute approximate surface area is 120 Å². The predicted molar refractivity (Wildman–Crippen MR) is 85.3 cm³/mol. The van der Waals surface area contributed by atoms with E-state index in [1.807, 2.05) is 7.05 Å². The molecular weight excluding hydrogens is 254 g/mol. The minimum atomic E-state index is -1.40. The highest BCUT2D eigenvalue weighted by molar-refractivity contribution is 6.71. The molecule has 0 radical (unpaired) electrons. The third-order valence-electron chi connectivity index (χ3n) is 3.78. The van der Waals surface area contributed by atoms with Crippen molar-refractivity contribution >= 4 is 8.32 Å². The van der Waals surface area contributed by atoms with Gasteiger partial charge in [0.05, 0.1) is 0 Å². The summed E-state index contributed by atoms with van der Waals surface area (Å²) in [7, 11) is 0.624. The van der Waals surface area contributed by atoms with Gasteiger partial charge in [0.1, 0.15) is 0 Å². The smallest absolute Gasteiger partial charge is 0.186 e. The summed E-state index contributed by atoms with van der Waals surface area (Å²) in [4.78, 5) is 2.54. The lowest BCUT2D eigenvalue weighted by Crippen LogP contribution is -2.44. The van der Waals surface area contributed by atoms with Gasteiger partial charge in [0.15, 0.2) is 8.32 Å². The van der Waals surface area contributed by atoms with Gasteiger partial charge < -0.3 is 20.0 Å². The lowest BCUT2D eigenvalue weighted by molar-refractivity contribution is 0.211. The van der Waals surface area contributed by atoms with Crippen LogP contribution in [0.2, 0.25) is 19.1 Å². The maximum Gasteiger partial charge on any atom is 0.186 e. The highest BCUT2D eigenvalue weighted by atomic mass is 28.4. The Morgan fingerprint density at radius 1 is 1.16 bits per heavy atom. The summed E-state index contributed by atoms with van der Waals surface area (Å²) >= 11 is 0. The summed E-state index contributed by atoms with van der Waals surface area (Å²) in [6, 6.07) is 1.29. The second kappa shape index (κ2) is 9.88. The highest BCUT2D eigenvalue weighted by Gasteiger charge is 2.21. The topological polar surface area (TPSA) is 36.5 Å². The normalized spacial score (nSPS) is 17.8. The SMILES string of the molecule is CNCCCC[Si](C)(C)OCCCN1CCNCC1. The van der Waals surface area contributed by atoms with E-state index in [9.17, 15) is 0 Å². The lowest BCUT2D eigenvalue weighted by atomic mass is 10.3. The summed E-state index contributed by atoms with van der Waals surface area (Å²) in [5.41, 5.74) is 0. The lowest BCUT2D eigenvalue weighted by Gasteiger charge is -2.28. The molecule has 0 bridgehead atoms. The molecule has 0 aliphatic carbocycles. The van der Waals surface area contributed by atoms with Crippen molar-refractivity contribution in [2.45, 2.75) is 38.4 Å². The molecule has 19 heavy (non-hydrogen) atoms. The summed E-state index contributed by atoms with van der Waals surface area (Å²) in [5.74, 6) is 0. The van der Waals surface area contributed by atoms with E-state index < -0.39 is 8.32 Å². The van der Waals surface area contributed by atoms with Crippen molar-refractivity contribution in [1.82, 2.24) is 15.5 Å². The van der Waals surface area contributed by atoms with Crippen LogP contribution in [0.4, 0.5) is 0 Å². The first-order chi connectivity index (χ1) is 9.14. The van der Waals surface area contributed by atoms with Gasteiger partial charge in [-0.05, 0) is 45.6 Å². The van der Waals surface area contributed by atoms with Crippen LogP contribution in [0, 0.1) is 0 Å². The minimum Gasteiger partial charge on any atom is -0.417 e. The zero-order valence-electron chi connectivity index (χ0n) is 13.1. The molecule has 0 aromatic carbocycles. The Balaban J connectivity index is 1.99. The fourth-order valence-electron chi connectivity index (χ4n) is 2.50. The number of hydrogen-bond acceptors (Lipinski definition) is 4. The molecule has 0 unspecified atom stereocenters. The zero-order valence-corrected chi connectivity index (χ0v) is 14.1. The Morgan fingerprint density at radius 2 is 1.89 bits per heavy atom. The average Bonchev–Trinajstić information content (AvgIpc) is 2.41. The van der Waals surface area contributed by atoms with Crippen molar-refractivity contribution in [3.05, 3.63) is 0 Å². The predicted octanol–water partition coefficient (Wildman–Crippen LogP) is 1.50. The molecule has 1 aliphatic rings. The van der Waals surface area contributed by atoms with Crippen molar-refractivity contribution < 1.29 is 4.43 Å². The Hall–Kier alpha value is 0.0569. The minimum absolute atomic E-state index is 0.954. The molecule has 0 aromatic rings. The number of nitrogens with one attached hydrogen (secondary N) is 2. The third-order valence-corrected chi connectivity index (χ3v) is 6.32. The Morgan fingerprint density at radius 3 is 2.58 bits per heavy atom. The number of nitrogens with zero attached hydrogens (tertiary/aromatic N) is 1. The van der Waals surface area contributed by atoms with Gasteiger partial charge in [-0.15, -0.1) is 0 Å². The van der Waals surface area contributed by atoms with E-state index in [-0.39, 0.29) is 0 Å². The van der Waals surface area contributed by atoms with Gasteiger partial charge in [-0.2, -0.15) is 0 Å². The first-order valence-electron chi connectivity index (χ1n) is 7.86. The van der Waals surface area contributed by atoms with Gasteiger partial charge in [-0.3, -0.25) is 0 Å². The van der Waals surface area contributed by atoms with Crippen molar-refractivity contribution in [3.8, 4) is 0 Å². The largest absolute Gasteiger partial charge is 0.417 e. The first kappa shape index (κ1) is 17.1. The molecule has 114 valence electrons. The molecule has 0 amide bonds. The standard InChI is InChI=1S/C14H33N3OSi/c1-15-7-4-5-14-19(2,3)18-13-6-10-17-11-8-16-9-12-17/h15-16H,4-14H2,1-3H3. The number of rotatable bonds is 10. The zero-order chi connectivity index (χ0) is 14.0. The van der Waals surface area contributed by atoms with Gasteiger partial charge in [-0.1, -0.05) is 6.42 Å². The summed E-state index contributed by atoms with van der Waals surface area (Å²) in [5, 5.41) is 6.60. The van der Waals surface area contributed by atoms with Gasteiger partial charge in [0, 0.05) is 39.3 Å². The monoisotopic (exact) mass is 287 g/mol. The van der Waals surface area contributed by atoms with E-state index in [0.717, 1.165) is 26.2 Å². The Kier molecular flexibility index (Phi) is 8.90. The third kappa shape index (κ3) is 8.76. The molecule has 1 saturated heterocycles. The molecule has 1 aliphatic heterocycles. The molecule has 1 heterocycles. The van der Waals surface area contributed by atoms with Crippen molar-refractivity contribution in [2.24, 2.45) is 0 Å². The van der Waals surface area contributed by atoms with Crippen LogP contribution in [0.15, 0.2) is 0 Å². The van der Waals surface area contributed by atoms with E-state index in [0.29, 0.717) is 0 Å². The van der Waals surface area contributed by atoms with Gasteiger partial charge in [-0.25, -0.2) is 0 Å². The van der Waals surface area contributed by atoms with E-state index in [1.165, 1.54) is 44.9 Å². The van der Waals surface area contributed by atoms with Crippen LogP contribution in [0.5, 0.6) is 0 Å². The average molecular weight is 288 g/mol. The summed E-state index contributed by atoms with van der Waals surface area (Å²) in [6.07, 6.45) is 3.77. The van der Waals surface area contributed by atoms with E-state index in [2.05, 4.69) is 28.6 Å².